The highest BCUT2D eigenvalue weighted by Crippen LogP contribution is 2.18. The van der Waals surface area contributed by atoms with E-state index in [-0.39, 0.29) is 5.91 Å². The molecule has 0 aromatic carbocycles. The van der Waals surface area contributed by atoms with Gasteiger partial charge in [0.25, 0.3) is 0 Å². The summed E-state index contributed by atoms with van der Waals surface area (Å²) in [6, 6.07) is 0. The molecule has 0 aliphatic heterocycles. The number of hydrogen-bond donors (Lipinski definition) is 2. The molecule has 0 fully saturated rings. The first-order valence-electron chi connectivity index (χ1n) is 4.48. The summed E-state index contributed by atoms with van der Waals surface area (Å²) in [7, 11) is 0. The lowest BCUT2D eigenvalue weighted by atomic mass is 9.94. The van der Waals surface area contributed by atoms with Gasteiger partial charge in [0.1, 0.15) is 0 Å². The number of rotatable bonds is 6. The molecule has 1 unspecified atom stereocenters. The van der Waals surface area contributed by atoms with Crippen molar-refractivity contribution in [3.05, 3.63) is 0 Å². The Hall–Kier alpha value is -0.570. The van der Waals surface area contributed by atoms with E-state index in [1.807, 2.05) is 6.92 Å². The van der Waals surface area contributed by atoms with E-state index in [9.17, 15) is 9.90 Å². The van der Waals surface area contributed by atoms with Crippen LogP contribution in [0, 0.1) is 0 Å². The van der Waals surface area contributed by atoms with Gasteiger partial charge >= 0.3 is 0 Å². The lowest BCUT2D eigenvalue weighted by Gasteiger charge is -2.21. The topological polar surface area (TPSA) is 63.3 Å². The van der Waals surface area contributed by atoms with E-state index in [1.54, 1.807) is 6.92 Å². The van der Waals surface area contributed by atoms with Crippen molar-refractivity contribution in [1.82, 2.24) is 0 Å². The van der Waals surface area contributed by atoms with Crippen molar-refractivity contribution in [3.63, 3.8) is 0 Å². The van der Waals surface area contributed by atoms with Crippen LogP contribution in [0.3, 0.4) is 0 Å². The number of nitrogens with two attached hydrogens (primary N) is 1. The lowest BCUT2D eigenvalue weighted by molar-refractivity contribution is -0.118. The Kier molecular flexibility index (Phi) is 4.90. The van der Waals surface area contributed by atoms with Crippen molar-refractivity contribution < 1.29 is 9.90 Å². The zero-order chi connectivity index (χ0) is 9.61. The fourth-order valence-electron chi connectivity index (χ4n) is 1.31. The van der Waals surface area contributed by atoms with E-state index in [2.05, 4.69) is 0 Å². The Balaban J connectivity index is 3.53. The molecule has 0 aromatic rings. The number of carbonyl (C=O) groups excluding carboxylic acids is 1. The van der Waals surface area contributed by atoms with Crippen molar-refractivity contribution in [2.75, 3.05) is 0 Å². The molecule has 0 spiro atoms. The molecule has 0 aliphatic rings. The third kappa shape index (κ3) is 6.16. The molecule has 72 valence electrons. The van der Waals surface area contributed by atoms with Crippen LogP contribution in [0.4, 0.5) is 0 Å². The van der Waals surface area contributed by atoms with Gasteiger partial charge in [0.15, 0.2) is 0 Å². The molecular formula is C9H19NO2. The summed E-state index contributed by atoms with van der Waals surface area (Å²) >= 11 is 0. The number of primary amides is 1. The SMILES string of the molecule is CCCC(C)(O)CCCC(N)=O. The average molecular weight is 173 g/mol. The highest BCUT2D eigenvalue weighted by atomic mass is 16.3. The van der Waals surface area contributed by atoms with Gasteiger partial charge in [0.05, 0.1) is 5.60 Å². The summed E-state index contributed by atoms with van der Waals surface area (Å²) < 4.78 is 0. The zero-order valence-electron chi connectivity index (χ0n) is 7.97. The predicted octanol–water partition coefficient (Wildman–Crippen LogP) is 1.19. The molecule has 1 amide bonds. The molecule has 0 saturated carbocycles. The smallest absolute Gasteiger partial charge is 0.217 e. The van der Waals surface area contributed by atoms with Crippen molar-refractivity contribution in [2.24, 2.45) is 5.73 Å². The minimum atomic E-state index is -0.621. The molecule has 0 heterocycles. The highest BCUT2D eigenvalue weighted by Gasteiger charge is 2.18. The van der Waals surface area contributed by atoms with Gasteiger partial charge in [0.2, 0.25) is 5.91 Å². The maximum Gasteiger partial charge on any atom is 0.217 e. The molecule has 3 N–H and O–H groups in total. The highest BCUT2D eigenvalue weighted by molar-refractivity contribution is 5.73. The second-order valence-electron chi connectivity index (χ2n) is 3.57. The third-order valence-electron chi connectivity index (χ3n) is 1.93. The van der Waals surface area contributed by atoms with Gasteiger partial charge in [-0.3, -0.25) is 4.79 Å². The van der Waals surface area contributed by atoms with Crippen LogP contribution in [-0.2, 0) is 4.79 Å². The van der Waals surface area contributed by atoms with E-state index in [1.165, 1.54) is 0 Å². The van der Waals surface area contributed by atoms with Gasteiger partial charge in [-0.2, -0.15) is 0 Å². The Morgan fingerprint density at radius 1 is 1.50 bits per heavy atom. The second-order valence-corrected chi connectivity index (χ2v) is 3.57. The summed E-state index contributed by atoms with van der Waals surface area (Å²) in [5, 5.41) is 9.68. The number of carbonyl (C=O) groups is 1. The van der Waals surface area contributed by atoms with Crippen molar-refractivity contribution in [3.8, 4) is 0 Å². The summed E-state index contributed by atoms with van der Waals surface area (Å²) in [5.74, 6) is -0.290. The Morgan fingerprint density at radius 3 is 2.50 bits per heavy atom. The molecule has 0 bridgehead atoms. The molecule has 12 heavy (non-hydrogen) atoms. The van der Waals surface area contributed by atoms with Gasteiger partial charge in [-0.25, -0.2) is 0 Å². The first kappa shape index (κ1) is 11.4. The summed E-state index contributed by atoms with van der Waals surface area (Å²) in [4.78, 5) is 10.4. The van der Waals surface area contributed by atoms with E-state index >= 15 is 0 Å². The fraction of sp³-hybridized carbons (Fsp3) is 0.889. The number of hydrogen-bond acceptors (Lipinski definition) is 2. The quantitative estimate of drug-likeness (QED) is 0.633. The first-order chi connectivity index (χ1) is 5.48. The van der Waals surface area contributed by atoms with Gasteiger partial charge in [-0.05, 0) is 26.2 Å². The van der Waals surface area contributed by atoms with Crippen LogP contribution in [0.5, 0.6) is 0 Å². The van der Waals surface area contributed by atoms with E-state index < -0.39 is 5.60 Å². The van der Waals surface area contributed by atoms with Crippen LogP contribution in [0.15, 0.2) is 0 Å². The van der Waals surface area contributed by atoms with Crippen LogP contribution in [0.25, 0.3) is 0 Å². The Bertz CT molecular complexity index is 143. The van der Waals surface area contributed by atoms with Crippen molar-refractivity contribution in [2.45, 2.75) is 51.6 Å². The van der Waals surface area contributed by atoms with E-state index in [0.717, 1.165) is 12.8 Å². The Labute approximate surface area is 74.0 Å². The van der Waals surface area contributed by atoms with Crippen molar-refractivity contribution in [1.29, 1.82) is 0 Å². The molecule has 0 aliphatic carbocycles. The standard InChI is InChI=1S/C9H19NO2/c1-3-6-9(2,12)7-4-5-8(10)11/h12H,3-7H2,1-2H3,(H2,10,11). The molecule has 0 rings (SSSR count). The van der Waals surface area contributed by atoms with Crippen LogP contribution < -0.4 is 5.73 Å². The van der Waals surface area contributed by atoms with Crippen molar-refractivity contribution >= 4 is 5.91 Å². The molecule has 3 heteroatoms. The number of aliphatic hydroxyl groups is 1. The molecule has 3 nitrogen and oxygen atoms in total. The normalized spacial score (nSPS) is 15.6. The van der Waals surface area contributed by atoms with Crippen LogP contribution in [-0.4, -0.2) is 16.6 Å². The van der Waals surface area contributed by atoms with Gasteiger partial charge in [0, 0.05) is 6.42 Å². The van der Waals surface area contributed by atoms with Crippen LogP contribution >= 0.6 is 0 Å². The average Bonchev–Trinajstić information content (AvgIpc) is 1.85. The minimum absolute atomic E-state index is 0.290. The van der Waals surface area contributed by atoms with Gasteiger partial charge in [-0.15, -0.1) is 0 Å². The minimum Gasteiger partial charge on any atom is -0.390 e. The summed E-state index contributed by atoms with van der Waals surface area (Å²) in [6.45, 7) is 3.83. The third-order valence-corrected chi connectivity index (χ3v) is 1.93. The zero-order valence-corrected chi connectivity index (χ0v) is 7.97. The van der Waals surface area contributed by atoms with Crippen LogP contribution in [0.1, 0.15) is 46.0 Å². The van der Waals surface area contributed by atoms with E-state index in [0.29, 0.717) is 19.3 Å². The molecule has 1 atom stereocenters. The largest absolute Gasteiger partial charge is 0.390 e. The summed E-state index contributed by atoms with van der Waals surface area (Å²) in [6.07, 6.45) is 3.46. The predicted molar refractivity (Wildman–Crippen MR) is 48.6 cm³/mol. The monoisotopic (exact) mass is 173 g/mol. The molecule has 0 aromatic heterocycles. The fourth-order valence-corrected chi connectivity index (χ4v) is 1.31. The summed E-state index contributed by atoms with van der Waals surface area (Å²) in [5.41, 5.74) is 4.35. The van der Waals surface area contributed by atoms with Crippen LogP contribution in [0.2, 0.25) is 0 Å². The maximum atomic E-state index is 10.4. The Morgan fingerprint density at radius 2 is 2.08 bits per heavy atom. The molecule has 0 radical (unpaired) electrons. The van der Waals surface area contributed by atoms with Gasteiger partial charge in [-0.1, -0.05) is 13.3 Å². The first-order valence-corrected chi connectivity index (χ1v) is 4.48. The lowest BCUT2D eigenvalue weighted by Crippen LogP contribution is -2.24. The molecule has 0 saturated heterocycles. The van der Waals surface area contributed by atoms with E-state index in [4.69, 9.17) is 5.73 Å². The maximum absolute atomic E-state index is 10.4. The number of amides is 1. The van der Waals surface area contributed by atoms with Gasteiger partial charge < -0.3 is 10.8 Å². The second kappa shape index (κ2) is 5.14. The molecular weight excluding hydrogens is 154 g/mol.